The number of nitrogens with one attached hydrogen (secondary N) is 1. The molecule has 0 aliphatic rings. The summed E-state index contributed by atoms with van der Waals surface area (Å²) in [5.74, 6) is 0. The number of halogens is 1. The smallest absolute Gasteiger partial charge is 0.317 e. The monoisotopic (exact) mass is 284 g/mol. The minimum absolute atomic E-state index is 0.0251. The molecule has 4 nitrogen and oxygen atoms in total. The lowest BCUT2D eigenvalue weighted by Gasteiger charge is -2.24. The second-order valence-corrected chi connectivity index (χ2v) is 4.87. The molecule has 0 aliphatic heterocycles. The summed E-state index contributed by atoms with van der Waals surface area (Å²) in [6, 6.07) is 7.14. The third-order valence-electron chi connectivity index (χ3n) is 2.86. The second-order valence-electron chi connectivity index (χ2n) is 4.43. The van der Waals surface area contributed by atoms with Crippen LogP contribution in [0.2, 0.25) is 5.02 Å². The summed E-state index contributed by atoms with van der Waals surface area (Å²) in [6.45, 7) is 4.89. The van der Waals surface area contributed by atoms with Crippen LogP contribution in [0.15, 0.2) is 24.3 Å². The van der Waals surface area contributed by atoms with Crippen LogP contribution in [0.5, 0.6) is 0 Å². The molecule has 19 heavy (non-hydrogen) atoms. The number of hydrogen-bond acceptors (Lipinski definition) is 2. The van der Waals surface area contributed by atoms with Gasteiger partial charge in [-0.25, -0.2) is 4.79 Å². The number of aliphatic hydroxyl groups excluding tert-OH is 1. The Morgan fingerprint density at radius 3 is 2.53 bits per heavy atom. The van der Waals surface area contributed by atoms with Crippen LogP contribution >= 0.6 is 11.6 Å². The SMILES string of the molecule is CCCN(CCO)C(=O)NC(C)c1ccc(Cl)cc1. The highest BCUT2D eigenvalue weighted by atomic mass is 35.5. The van der Waals surface area contributed by atoms with Gasteiger partial charge in [0.15, 0.2) is 0 Å². The van der Waals surface area contributed by atoms with Crippen LogP contribution in [0.1, 0.15) is 31.9 Å². The van der Waals surface area contributed by atoms with Crippen LogP contribution in [0, 0.1) is 0 Å². The predicted molar refractivity (Wildman–Crippen MR) is 77.3 cm³/mol. The van der Waals surface area contributed by atoms with E-state index in [4.69, 9.17) is 16.7 Å². The number of benzene rings is 1. The minimum atomic E-state index is -0.154. The third kappa shape index (κ3) is 5.09. The van der Waals surface area contributed by atoms with E-state index in [0.717, 1.165) is 12.0 Å². The van der Waals surface area contributed by atoms with Crippen LogP contribution in [-0.4, -0.2) is 35.7 Å². The molecule has 0 spiro atoms. The zero-order chi connectivity index (χ0) is 14.3. The number of rotatable bonds is 6. The summed E-state index contributed by atoms with van der Waals surface area (Å²) >= 11 is 5.83. The van der Waals surface area contributed by atoms with Gasteiger partial charge in [-0.15, -0.1) is 0 Å². The topological polar surface area (TPSA) is 52.6 Å². The molecule has 1 unspecified atom stereocenters. The van der Waals surface area contributed by atoms with Gasteiger partial charge in [0.05, 0.1) is 12.6 Å². The number of urea groups is 1. The number of hydrogen-bond donors (Lipinski definition) is 2. The summed E-state index contributed by atoms with van der Waals surface area (Å²) in [7, 11) is 0. The van der Waals surface area contributed by atoms with E-state index in [2.05, 4.69) is 5.32 Å². The van der Waals surface area contributed by atoms with Gasteiger partial charge in [0.2, 0.25) is 0 Å². The quantitative estimate of drug-likeness (QED) is 0.844. The Kier molecular flexibility index (Phi) is 6.67. The largest absolute Gasteiger partial charge is 0.395 e. The van der Waals surface area contributed by atoms with Gasteiger partial charge in [0, 0.05) is 18.1 Å². The molecular weight excluding hydrogens is 264 g/mol. The Hall–Kier alpha value is -1.26. The van der Waals surface area contributed by atoms with E-state index in [1.54, 1.807) is 17.0 Å². The number of nitrogens with zero attached hydrogens (tertiary/aromatic N) is 1. The highest BCUT2D eigenvalue weighted by molar-refractivity contribution is 6.30. The fraction of sp³-hybridized carbons (Fsp3) is 0.500. The molecule has 0 aromatic heterocycles. The average molecular weight is 285 g/mol. The maximum atomic E-state index is 12.1. The van der Waals surface area contributed by atoms with E-state index >= 15 is 0 Å². The van der Waals surface area contributed by atoms with Gasteiger partial charge in [-0.3, -0.25) is 0 Å². The van der Waals surface area contributed by atoms with Crippen molar-refractivity contribution in [1.82, 2.24) is 10.2 Å². The van der Waals surface area contributed by atoms with E-state index in [1.165, 1.54) is 0 Å². The summed E-state index contributed by atoms with van der Waals surface area (Å²) in [6.07, 6.45) is 0.864. The Labute approximate surface area is 119 Å². The van der Waals surface area contributed by atoms with Crippen LogP contribution in [-0.2, 0) is 0 Å². The zero-order valence-corrected chi connectivity index (χ0v) is 12.2. The average Bonchev–Trinajstić information content (AvgIpc) is 2.39. The van der Waals surface area contributed by atoms with Crippen LogP contribution in [0.25, 0.3) is 0 Å². The van der Waals surface area contributed by atoms with Gasteiger partial charge in [0.1, 0.15) is 0 Å². The highest BCUT2D eigenvalue weighted by Gasteiger charge is 2.15. The van der Waals surface area contributed by atoms with Crippen molar-refractivity contribution in [2.45, 2.75) is 26.3 Å². The van der Waals surface area contributed by atoms with Crippen LogP contribution < -0.4 is 5.32 Å². The summed E-state index contributed by atoms with van der Waals surface area (Å²) in [4.78, 5) is 13.7. The van der Waals surface area contributed by atoms with E-state index in [0.29, 0.717) is 18.1 Å². The van der Waals surface area contributed by atoms with E-state index < -0.39 is 0 Å². The molecule has 2 amide bonds. The Balaban J connectivity index is 2.61. The normalized spacial score (nSPS) is 12.0. The lowest BCUT2D eigenvalue weighted by molar-refractivity contribution is 0.174. The molecule has 0 fully saturated rings. The van der Waals surface area contributed by atoms with Crippen molar-refractivity contribution in [3.63, 3.8) is 0 Å². The zero-order valence-electron chi connectivity index (χ0n) is 11.4. The summed E-state index contributed by atoms with van der Waals surface area (Å²) in [5, 5.41) is 12.6. The number of carbonyl (C=O) groups is 1. The van der Waals surface area contributed by atoms with Gasteiger partial charge in [-0.2, -0.15) is 0 Å². The lowest BCUT2D eigenvalue weighted by atomic mass is 10.1. The Morgan fingerprint density at radius 1 is 1.37 bits per heavy atom. The summed E-state index contributed by atoms with van der Waals surface area (Å²) < 4.78 is 0. The standard InChI is InChI=1S/C14H21ClN2O2/c1-3-8-17(9-10-18)14(19)16-11(2)12-4-6-13(15)7-5-12/h4-7,11,18H,3,8-10H2,1-2H3,(H,16,19). The molecule has 5 heteroatoms. The number of carbonyl (C=O) groups excluding carboxylic acids is 1. The third-order valence-corrected chi connectivity index (χ3v) is 3.11. The Morgan fingerprint density at radius 2 is 2.00 bits per heavy atom. The first-order valence-corrected chi connectivity index (χ1v) is 6.88. The van der Waals surface area contributed by atoms with Crippen LogP contribution in [0.4, 0.5) is 4.79 Å². The molecule has 0 aliphatic carbocycles. The maximum Gasteiger partial charge on any atom is 0.317 e. The van der Waals surface area contributed by atoms with Crippen molar-refractivity contribution < 1.29 is 9.90 Å². The lowest BCUT2D eigenvalue weighted by Crippen LogP contribution is -2.42. The van der Waals surface area contributed by atoms with Crippen molar-refractivity contribution in [1.29, 1.82) is 0 Å². The molecule has 0 radical (unpaired) electrons. The first-order valence-electron chi connectivity index (χ1n) is 6.50. The van der Waals surface area contributed by atoms with Gasteiger partial charge in [0.25, 0.3) is 0 Å². The molecule has 0 saturated carbocycles. The molecule has 0 saturated heterocycles. The van der Waals surface area contributed by atoms with Crippen molar-refractivity contribution >= 4 is 17.6 Å². The molecule has 1 atom stereocenters. The van der Waals surface area contributed by atoms with E-state index in [1.807, 2.05) is 26.0 Å². The minimum Gasteiger partial charge on any atom is -0.395 e. The molecule has 106 valence electrons. The predicted octanol–water partition coefficient (Wildman–Crippen LogP) is 2.81. The van der Waals surface area contributed by atoms with Crippen molar-refractivity contribution in [2.24, 2.45) is 0 Å². The Bertz CT molecular complexity index is 389. The van der Waals surface area contributed by atoms with Crippen molar-refractivity contribution in [3.8, 4) is 0 Å². The second kappa shape index (κ2) is 8.02. The maximum absolute atomic E-state index is 12.1. The number of amides is 2. The summed E-state index contributed by atoms with van der Waals surface area (Å²) in [5.41, 5.74) is 0.998. The van der Waals surface area contributed by atoms with Crippen molar-refractivity contribution in [3.05, 3.63) is 34.9 Å². The molecule has 1 aromatic rings. The van der Waals surface area contributed by atoms with E-state index in [9.17, 15) is 4.79 Å². The molecular formula is C14H21ClN2O2. The van der Waals surface area contributed by atoms with Gasteiger partial charge < -0.3 is 15.3 Å². The van der Waals surface area contributed by atoms with Crippen molar-refractivity contribution in [2.75, 3.05) is 19.7 Å². The fourth-order valence-corrected chi connectivity index (χ4v) is 1.94. The number of aliphatic hydroxyl groups is 1. The van der Waals surface area contributed by atoms with Gasteiger partial charge in [-0.1, -0.05) is 30.7 Å². The first kappa shape index (κ1) is 15.8. The molecule has 1 aromatic carbocycles. The molecule has 0 heterocycles. The van der Waals surface area contributed by atoms with Gasteiger partial charge in [-0.05, 0) is 31.0 Å². The first-order chi connectivity index (χ1) is 9.08. The highest BCUT2D eigenvalue weighted by Crippen LogP contribution is 2.16. The van der Waals surface area contributed by atoms with Crippen LogP contribution in [0.3, 0.4) is 0 Å². The van der Waals surface area contributed by atoms with E-state index in [-0.39, 0.29) is 18.7 Å². The van der Waals surface area contributed by atoms with Gasteiger partial charge >= 0.3 is 6.03 Å². The molecule has 1 rings (SSSR count). The molecule has 0 bridgehead atoms. The molecule has 2 N–H and O–H groups in total. The fourth-order valence-electron chi connectivity index (χ4n) is 1.82.